The van der Waals surface area contributed by atoms with Gasteiger partial charge in [0.15, 0.2) is 0 Å². The number of alkyl halides is 3. The van der Waals surface area contributed by atoms with E-state index in [0.29, 0.717) is 17.8 Å². The molecule has 3 rings (SSSR count). The molecule has 2 aromatic rings. The van der Waals surface area contributed by atoms with Gasteiger partial charge >= 0.3 is 6.18 Å². The first-order valence-corrected chi connectivity index (χ1v) is 10.1. The molecule has 0 spiro atoms. The molecule has 158 valence electrons. The molecule has 1 aliphatic rings. The average molecular weight is 454 g/mol. The Morgan fingerprint density at radius 1 is 1.30 bits per heavy atom. The first-order chi connectivity index (χ1) is 14.1. The van der Waals surface area contributed by atoms with E-state index in [-0.39, 0.29) is 16.4 Å². The highest BCUT2D eigenvalue weighted by molar-refractivity contribution is 7.09. The van der Waals surface area contributed by atoms with Gasteiger partial charge in [0.2, 0.25) is 5.91 Å². The molecule has 9 heteroatoms. The van der Waals surface area contributed by atoms with Crippen LogP contribution in [-0.2, 0) is 18.4 Å². The Balaban J connectivity index is 1.95. The molecule has 1 aliphatic heterocycles. The van der Waals surface area contributed by atoms with Crippen LogP contribution in [0.25, 0.3) is 5.57 Å². The summed E-state index contributed by atoms with van der Waals surface area (Å²) in [5.74, 6) is -0.474. The maximum absolute atomic E-state index is 13.7. The zero-order valence-electron chi connectivity index (χ0n) is 16.3. The third-order valence-corrected chi connectivity index (χ3v) is 5.92. The van der Waals surface area contributed by atoms with Crippen molar-refractivity contribution in [3.05, 3.63) is 87.3 Å². The number of rotatable bonds is 5. The quantitative estimate of drug-likeness (QED) is 0.477. The molecule has 0 aromatic carbocycles. The van der Waals surface area contributed by atoms with E-state index in [2.05, 4.69) is 11.9 Å². The van der Waals surface area contributed by atoms with Crippen molar-refractivity contribution in [3.8, 4) is 0 Å². The molecule has 4 nitrogen and oxygen atoms in total. The monoisotopic (exact) mass is 453 g/mol. The normalized spacial score (nSPS) is 15.5. The smallest absolute Gasteiger partial charge is 0.351 e. The highest BCUT2D eigenvalue weighted by atomic mass is 35.5. The SMILES string of the molecule is C=C1C(C(F)(F)F)=CC(c2cccn2C)=CN1/C(Cl)=C(\C)C(=O)NCc1cccs1. The molecule has 0 saturated heterocycles. The van der Waals surface area contributed by atoms with Gasteiger partial charge in [-0.1, -0.05) is 24.2 Å². The van der Waals surface area contributed by atoms with Crippen LogP contribution in [0.4, 0.5) is 13.2 Å². The number of aryl methyl sites for hydroxylation is 1. The summed E-state index contributed by atoms with van der Waals surface area (Å²) in [6.07, 6.45) is -0.423. The summed E-state index contributed by atoms with van der Waals surface area (Å²) in [6.45, 7) is 5.33. The van der Waals surface area contributed by atoms with E-state index in [9.17, 15) is 18.0 Å². The van der Waals surface area contributed by atoms with Crippen molar-refractivity contribution in [2.45, 2.75) is 19.6 Å². The molecule has 0 fully saturated rings. The number of aromatic nitrogens is 1. The van der Waals surface area contributed by atoms with Gasteiger partial charge in [0.1, 0.15) is 5.16 Å². The first kappa shape index (κ1) is 22.0. The highest BCUT2D eigenvalue weighted by Gasteiger charge is 2.39. The lowest BCUT2D eigenvalue weighted by Crippen LogP contribution is -2.29. The largest absolute Gasteiger partial charge is 0.418 e. The summed E-state index contributed by atoms with van der Waals surface area (Å²) < 4.78 is 42.7. The molecule has 0 unspecified atom stereocenters. The zero-order chi connectivity index (χ0) is 22.1. The van der Waals surface area contributed by atoms with Gasteiger partial charge in [0, 0.05) is 41.2 Å². The Bertz CT molecular complexity index is 1060. The van der Waals surface area contributed by atoms with E-state index in [4.69, 9.17) is 11.6 Å². The van der Waals surface area contributed by atoms with E-state index in [0.717, 1.165) is 15.9 Å². The predicted molar refractivity (Wildman–Crippen MR) is 113 cm³/mol. The van der Waals surface area contributed by atoms with Gasteiger partial charge in [-0.15, -0.1) is 11.3 Å². The summed E-state index contributed by atoms with van der Waals surface area (Å²) in [7, 11) is 1.73. The van der Waals surface area contributed by atoms with E-state index in [1.54, 1.807) is 29.9 Å². The summed E-state index contributed by atoms with van der Waals surface area (Å²) in [4.78, 5) is 14.6. The van der Waals surface area contributed by atoms with Crippen LogP contribution in [0.15, 0.2) is 76.7 Å². The molecular weight excluding hydrogens is 435 g/mol. The Morgan fingerprint density at radius 2 is 2.03 bits per heavy atom. The maximum atomic E-state index is 13.7. The van der Waals surface area contributed by atoms with Gasteiger partial charge in [-0.3, -0.25) is 4.79 Å². The molecule has 0 radical (unpaired) electrons. The zero-order valence-corrected chi connectivity index (χ0v) is 17.8. The molecule has 0 saturated carbocycles. The molecule has 0 aliphatic carbocycles. The number of hydrogen-bond donors (Lipinski definition) is 1. The van der Waals surface area contributed by atoms with E-state index in [1.807, 2.05) is 17.5 Å². The van der Waals surface area contributed by atoms with E-state index in [1.165, 1.54) is 24.5 Å². The second-order valence-corrected chi connectivity index (χ2v) is 8.03. The number of nitrogens with one attached hydrogen (secondary N) is 1. The second-order valence-electron chi connectivity index (χ2n) is 6.64. The van der Waals surface area contributed by atoms with Gasteiger partial charge in [-0.25, -0.2) is 0 Å². The number of allylic oxidation sites excluding steroid dienone is 3. The number of halogens is 4. The molecule has 0 bridgehead atoms. The molecule has 1 N–H and O–H groups in total. The fourth-order valence-electron chi connectivity index (χ4n) is 2.93. The van der Waals surface area contributed by atoms with Gasteiger partial charge in [0.05, 0.1) is 17.8 Å². The van der Waals surface area contributed by atoms with E-state index < -0.39 is 17.7 Å². The van der Waals surface area contributed by atoms with Gasteiger partial charge in [0.25, 0.3) is 0 Å². The molecule has 1 amide bonds. The second kappa shape index (κ2) is 8.57. The number of carbonyl (C=O) groups is 1. The van der Waals surface area contributed by atoms with Crippen LogP contribution >= 0.6 is 22.9 Å². The lowest BCUT2D eigenvalue weighted by atomic mass is 10.0. The minimum atomic E-state index is -4.63. The molecule has 0 atom stereocenters. The predicted octanol–water partition coefficient (Wildman–Crippen LogP) is 5.53. The van der Waals surface area contributed by atoms with Crippen molar-refractivity contribution in [3.63, 3.8) is 0 Å². The summed E-state index contributed by atoms with van der Waals surface area (Å²) in [6, 6.07) is 7.15. The number of hydrogen-bond acceptors (Lipinski definition) is 3. The fraction of sp³-hybridized carbons (Fsp3) is 0.190. The summed E-state index contributed by atoms with van der Waals surface area (Å²) in [5.41, 5.74) is -0.326. The number of carbonyl (C=O) groups excluding carboxylic acids is 1. The van der Waals surface area contributed by atoms with Crippen LogP contribution in [0.1, 0.15) is 17.5 Å². The summed E-state index contributed by atoms with van der Waals surface area (Å²) in [5, 5.41) is 4.46. The van der Waals surface area contributed by atoms with Crippen molar-refractivity contribution in [2.75, 3.05) is 0 Å². The Morgan fingerprint density at radius 3 is 2.60 bits per heavy atom. The van der Waals surface area contributed by atoms with Crippen LogP contribution in [0, 0.1) is 0 Å². The van der Waals surface area contributed by atoms with Crippen molar-refractivity contribution < 1.29 is 18.0 Å². The number of thiophene rings is 1. The Hall–Kier alpha value is -2.71. The molecule has 3 heterocycles. The Kier molecular flexibility index (Phi) is 6.28. The number of amides is 1. The van der Waals surface area contributed by atoms with Gasteiger partial charge in [-0.2, -0.15) is 13.2 Å². The lowest BCUT2D eigenvalue weighted by Gasteiger charge is -2.30. The van der Waals surface area contributed by atoms with Crippen molar-refractivity contribution in [1.82, 2.24) is 14.8 Å². The van der Waals surface area contributed by atoms with Crippen LogP contribution < -0.4 is 5.32 Å². The molecule has 2 aromatic heterocycles. The maximum Gasteiger partial charge on any atom is 0.418 e. The van der Waals surface area contributed by atoms with Crippen molar-refractivity contribution in [2.24, 2.45) is 7.05 Å². The minimum Gasteiger partial charge on any atom is -0.351 e. The van der Waals surface area contributed by atoms with Crippen molar-refractivity contribution >= 4 is 34.4 Å². The lowest BCUT2D eigenvalue weighted by molar-refractivity contribution is -0.117. The van der Waals surface area contributed by atoms with Gasteiger partial charge in [-0.05, 0) is 36.6 Å². The van der Waals surface area contributed by atoms with Crippen molar-refractivity contribution in [1.29, 1.82) is 0 Å². The van der Waals surface area contributed by atoms with Gasteiger partial charge < -0.3 is 14.8 Å². The first-order valence-electron chi connectivity index (χ1n) is 8.87. The fourth-order valence-corrected chi connectivity index (χ4v) is 3.81. The van der Waals surface area contributed by atoms with Crippen LogP contribution in [-0.4, -0.2) is 21.6 Å². The topological polar surface area (TPSA) is 37.3 Å². The average Bonchev–Trinajstić information content (AvgIpc) is 3.36. The van der Waals surface area contributed by atoms with E-state index >= 15 is 0 Å². The summed E-state index contributed by atoms with van der Waals surface area (Å²) >= 11 is 7.87. The Labute approximate surface area is 181 Å². The molecule has 30 heavy (non-hydrogen) atoms. The minimum absolute atomic E-state index is 0.0836. The third kappa shape index (κ3) is 4.55. The van der Waals surface area contributed by atoms with Crippen LogP contribution in [0.3, 0.4) is 0 Å². The third-order valence-electron chi connectivity index (χ3n) is 4.58. The highest BCUT2D eigenvalue weighted by Crippen LogP contribution is 2.40. The van der Waals surface area contributed by atoms with Crippen LogP contribution in [0.2, 0.25) is 0 Å². The standard InChI is InChI=1S/C21H19ClF3N3OS/c1-13(20(29)26-11-16-6-5-9-30-16)19(22)28-12-15(18-7-4-8-27(18)3)10-17(14(28)2)21(23,24)25/h4-10,12H,2,11H2,1,3H3,(H,26,29)/b19-13+. The molecular formula is C21H19ClF3N3OS. The van der Waals surface area contributed by atoms with Crippen LogP contribution in [0.5, 0.6) is 0 Å². The number of nitrogens with zero attached hydrogens (tertiary/aromatic N) is 2.